The fourth-order valence-corrected chi connectivity index (χ4v) is 9.35. The molecular weight excluding hydrogens is 1030 g/mol. The second-order valence-corrected chi connectivity index (χ2v) is 23.1. The number of aryl methyl sites for hydroxylation is 1. The van der Waals surface area contributed by atoms with Gasteiger partial charge in [-0.05, 0) is 45.0 Å². The molecule has 2 atom stereocenters. The number of hydrogen-bond donors (Lipinski definition) is 6. The van der Waals surface area contributed by atoms with E-state index >= 15 is 0 Å². The molecule has 2 aromatic carbocycles. The first kappa shape index (κ1) is 57.4. The number of aliphatic imine (C=N–C) groups is 1. The molecule has 0 saturated heterocycles. The molecule has 0 bridgehead atoms. The molecule has 2 aliphatic rings. The number of carboxylic acid groups (broad SMARTS) is 1. The molecule has 0 fully saturated rings. The number of carboxylic acids is 1. The second-order valence-electron chi connectivity index (χ2n) is 21.1. The lowest BCUT2D eigenvalue weighted by Crippen LogP contribution is -2.36. The molecule has 0 radical (unpaired) electrons. The summed E-state index contributed by atoms with van der Waals surface area (Å²) < 4.78 is 19.0. The third kappa shape index (κ3) is 15.7. The van der Waals surface area contributed by atoms with E-state index < -0.39 is 17.7 Å². The number of imidazole rings is 1. The number of alkyl carbamates (subject to hydrolysis) is 1. The number of anilines is 3. The molecular formula is C55H66N14O7S2. The lowest BCUT2D eigenvalue weighted by molar-refractivity contribution is 0.0490. The van der Waals surface area contributed by atoms with Crippen LogP contribution in [0, 0.1) is 0 Å². The van der Waals surface area contributed by atoms with Gasteiger partial charge in [-0.3, -0.25) is 9.79 Å². The van der Waals surface area contributed by atoms with Crippen LogP contribution in [0.3, 0.4) is 0 Å². The number of ether oxygens (including phenoxy) is 3. The van der Waals surface area contributed by atoms with Crippen molar-refractivity contribution in [2.75, 3.05) is 30.9 Å². The zero-order valence-corrected chi connectivity index (χ0v) is 47.2. The number of rotatable bonds is 11. The molecule has 23 heteroatoms. The quantitative estimate of drug-likeness (QED) is 0.0657. The van der Waals surface area contributed by atoms with Crippen molar-refractivity contribution in [2.45, 2.75) is 104 Å². The minimum absolute atomic E-state index is 0.0572. The van der Waals surface area contributed by atoms with E-state index in [0.717, 1.165) is 55.2 Å². The average molecular weight is 1100 g/mol. The van der Waals surface area contributed by atoms with E-state index in [1.807, 2.05) is 108 Å². The average Bonchev–Trinajstić information content (AvgIpc) is 4.25. The van der Waals surface area contributed by atoms with Crippen LogP contribution in [0.25, 0.3) is 22.5 Å². The largest absolute Gasteiger partial charge is 0.493 e. The fraction of sp³-hybridized carbons (Fsp3) is 0.364. The van der Waals surface area contributed by atoms with Gasteiger partial charge in [-0.1, -0.05) is 65.8 Å². The van der Waals surface area contributed by atoms with Crippen LogP contribution < -0.4 is 36.5 Å². The molecule has 410 valence electrons. The Morgan fingerprint density at radius 2 is 1.29 bits per heavy atom. The number of nitrogens with zero attached hydrogens (tertiary/aromatic N) is 9. The van der Waals surface area contributed by atoms with Crippen LogP contribution in [-0.4, -0.2) is 94.6 Å². The predicted octanol–water partition coefficient (Wildman–Crippen LogP) is 10.2. The van der Waals surface area contributed by atoms with Gasteiger partial charge in [0.1, 0.15) is 26.9 Å². The summed E-state index contributed by atoms with van der Waals surface area (Å²) in [6, 6.07) is 15.1. The number of fused-ring (bicyclic) bond motifs is 2. The first-order valence-corrected chi connectivity index (χ1v) is 26.6. The topological polar surface area (TPSA) is 281 Å². The highest BCUT2D eigenvalue weighted by Crippen LogP contribution is 2.38. The van der Waals surface area contributed by atoms with Crippen molar-refractivity contribution >= 4 is 64.6 Å². The summed E-state index contributed by atoms with van der Waals surface area (Å²) in [5.74, 6) is 1.97. The summed E-state index contributed by atoms with van der Waals surface area (Å²) in [5, 5.41) is 22.7. The summed E-state index contributed by atoms with van der Waals surface area (Å²) in [7, 11) is 3.55. The van der Waals surface area contributed by atoms with Crippen molar-refractivity contribution < 1.29 is 33.7 Å². The van der Waals surface area contributed by atoms with Crippen molar-refractivity contribution in [1.82, 2.24) is 50.1 Å². The smallest absolute Gasteiger partial charge is 0.408 e. The molecule has 9 rings (SSSR count). The lowest BCUT2D eigenvalue weighted by atomic mass is 9.97. The Kier molecular flexibility index (Phi) is 18.2. The monoisotopic (exact) mass is 1100 g/mol. The minimum Gasteiger partial charge on any atom is -0.493 e. The third-order valence-corrected chi connectivity index (χ3v) is 14.2. The molecule has 0 saturated carbocycles. The number of carbonyl (C=O) groups is 3. The molecule has 2 unspecified atom stereocenters. The van der Waals surface area contributed by atoms with Crippen LogP contribution in [0.2, 0.25) is 0 Å². The van der Waals surface area contributed by atoms with Crippen molar-refractivity contribution in [3.63, 3.8) is 0 Å². The van der Waals surface area contributed by atoms with Crippen LogP contribution in [0.15, 0.2) is 103 Å². The lowest BCUT2D eigenvalue weighted by Gasteiger charge is -2.28. The number of nitrogens with two attached hydrogens (primary N) is 1. The van der Waals surface area contributed by atoms with Gasteiger partial charge in [0.2, 0.25) is 11.9 Å². The van der Waals surface area contributed by atoms with Gasteiger partial charge in [-0.2, -0.15) is 0 Å². The number of aromatic carboxylic acids is 1. The molecule has 7 aromatic rings. The van der Waals surface area contributed by atoms with Crippen LogP contribution >= 0.6 is 22.7 Å². The summed E-state index contributed by atoms with van der Waals surface area (Å²) in [5.41, 5.74) is 10.6. The predicted molar refractivity (Wildman–Crippen MR) is 303 cm³/mol. The van der Waals surface area contributed by atoms with Gasteiger partial charge >= 0.3 is 12.1 Å². The number of nitrogens with one attached hydrogen (secondary N) is 4. The van der Waals surface area contributed by atoms with Crippen LogP contribution in [0.5, 0.6) is 11.5 Å². The molecule has 2 aliphatic heterocycles. The van der Waals surface area contributed by atoms with Gasteiger partial charge in [0, 0.05) is 91.0 Å². The van der Waals surface area contributed by atoms with E-state index in [1.54, 1.807) is 38.2 Å². The van der Waals surface area contributed by atoms with Gasteiger partial charge in [0.05, 0.1) is 71.1 Å². The maximum Gasteiger partial charge on any atom is 0.408 e. The third-order valence-electron chi connectivity index (χ3n) is 11.4. The molecule has 0 spiro atoms. The Morgan fingerprint density at radius 3 is 1.78 bits per heavy atom. The maximum absolute atomic E-state index is 12.9. The van der Waals surface area contributed by atoms with Crippen LogP contribution in [0.4, 0.5) is 22.5 Å². The first-order chi connectivity index (χ1) is 37.0. The molecule has 7 heterocycles. The van der Waals surface area contributed by atoms with E-state index in [4.69, 9.17) is 25.1 Å². The zero-order valence-electron chi connectivity index (χ0n) is 45.5. The Morgan fingerprint density at radius 1 is 0.756 bits per heavy atom. The molecule has 7 N–H and O–H groups in total. The van der Waals surface area contributed by atoms with Crippen molar-refractivity contribution in [3.8, 4) is 34.0 Å². The number of carbonyl (C=O) groups excluding carboxylic acids is 2. The van der Waals surface area contributed by atoms with Gasteiger partial charge in [0.25, 0.3) is 5.91 Å². The first-order valence-electron chi connectivity index (χ1n) is 25.0. The fourth-order valence-electron chi connectivity index (χ4n) is 7.66. The van der Waals surface area contributed by atoms with E-state index in [0.29, 0.717) is 59.2 Å². The highest BCUT2D eigenvalue weighted by atomic mass is 32.1. The standard InChI is InChI=1S/C25H29N7O2S.C22H26N6O3.C8H11NO2S/c1-25(2,3)23-29-14-21(35-23)22(33)31-19-8-10-34-20-11-15(5-6-17(19)20)18-7-9-28-24(32-18)30-16(12-26)13-27-4;1-22(2,3)31-21(29)26-17-8-10-30-18-11-14(5-6-15(17)18)16-7-9-23-20(25-16)27-19-12-28(4)13-24-19;1-8(2,3)7-9-4-5(12-7)6(10)11/h5-7,9,11-14,19H,8,10,26H2,1-4H3,(H,31,33)(H,28,30,32);5-7,9,11-13,17H,8,10H2,1-4H3,(H,26,29)(H,23,25,27);4H,1-3H3,(H,10,11). The Hall–Kier alpha value is -8.31. The van der Waals surface area contributed by atoms with Crippen molar-refractivity contribution in [1.29, 1.82) is 0 Å². The highest BCUT2D eigenvalue weighted by molar-refractivity contribution is 7.14. The van der Waals surface area contributed by atoms with Gasteiger partial charge in [0.15, 0.2) is 5.82 Å². The highest BCUT2D eigenvalue weighted by Gasteiger charge is 2.28. The number of thiazole rings is 2. The molecule has 5 aromatic heterocycles. The van der Waals surface area contributed by atoms with Gasteiger partial charge in [-0.15, -0.1) is 22.7 Å². The van der Waals surface area contributed by atoms with Crippen LogP contribution in [0.1, 0.15) is 128 Å². The summed E-state index contributed by atoms with van der Waals surface area (Å²) in [4.78, 5) is 70.9. The van der Waals surface area contributed by atoms with Crippen molar-refractivity contribution in [2.24, 2.45) is 17.8 Å². The van der Waals surface area contributed by atoms with Crippen molar-refractivity contribution in [3.05, 3.63) is 129 Å². The van der Waals surface area contributed by atoms with E-state index in [9.17, 15) is 14.4 Å². The number of hydrogen-bond acceptors (Lipinski definition) is 19. The van der Waals surface area contributed by atoms with Gasteiger partial charge in [-0.25, -0.2) is 44.5 Å². The maximum atomic E-state index is 12.9. The summed E-state index contributed by atoms with van der Waals surface area (Å²) in [6.07, 6.45) is 13.9. The molecule has 0 aliphatic carbocycles. The normalized spacial score (nSPS) is 15.1. The zero-order chi connectivity index (χ0) is 56.4. The van der Waals surface area contributed by atoms with Gasteiger partial charge < -0.3 is 50.9 Å². The number of benzene rings is 2. The summed E-state index contributed by atoms with van der Waals surface area (Å²) >= 11 is 2.67. The van der Waals surface area contributed by atoms with E-state index in [-0.39, 0.29) is 28.8 Å². The SMILES string of the molecule is CC(C)(C)c1ncc(C(=O)O)s1.CN=CC(=CN)Nc1nccc(-c2ccc3c(c2)OCCC3NC(=O)c2cnc(C(C)(C)C)s2)n1.Cn1cnc(Nc2nccc(-c3ccc4c(c3)OCCC4NC(=O)OC(C)(C)C)n2)c1. The Balaban J connectivity index is 0.000000188. The number of allylic oxidation sites excluding steroid dienone is 1. The molecule has 78 heavy (non-hydrogen) atoms. The van der Waals surface area contributed by atoms with E-state index in [1.165, 1.54) is 35.1 Å². The van der Waals surface area contributed by atoms with Crippen LogP contribution in [-0.2, 0) is 22.6 Å². The Labute approximate surface area is 461 Å². The van der Waals surface area contributed by atoms with E-state index in [2.05, 4.69) is 81.9 Å². The number of aromatic nitrogens is 8. The molecule has 2 amide bonds. The minimum atomic E-state index is -0.900. The second kappa shape index (κ2) is 24.8. The number of amides is 2. The summed E-state index contributed by atoms with van der Waals surface area (Å²) in [6.45, 7) is 18.8. The molecule has 21 nitrogen and oxygen atoms in total. The Bertz CT molecular complexity index is 3290.